The van der Waals surface area contributed by atoms with Crippen molar-refractivity contribution in [3.63, 3.8) is 0 Å². The van der Waals surface area contributed by atoms with Gasteiger partial charge in [0.1, 0.15) is 11.9 Å². The molecule has 0 aliphatic heterocycles. The first-order valence-corrected chi connectivity index (χ1v) is 11.1. The van der Waals surface area contributed by atoms with Gasteiger partial charge >= 0.3 is 0 Å². The van der Waals surface area contributed by atoms with Crippen molar-refractivity contribution in [1.29, 1.82) is 0 Å². The number of nitrogens with one attached hydrogen (secondary N) is 1. The lowest BCUT2D eigenvalue weighted by Gasteiger charge is -2.30. The summed E-state index contributed by atoms with van der Waals surface area (Å²) >= 11 is 5.82. The van der Waals surface area contributed by atoms with Crippen LogP contribution in [0.1, 0.15) is 38.7 Å². The van der Waals surface area contributed by atoms with Crippen LogP contribution in [0.2, 0.25) is 5.02 Å². The minimum Gasteiger partial charge on any atom is -0.324 e. The summed E-state index contributed by atoms with van der Waals surface area (Å²) in [6.45, 7) is 5.72. The third kappa shape index (κ3) is 5.02. The molecule has 0 aliphatic rings. The number of benzene rings is 2. The zero-order valence-electron chi connectivity index (χ0n) is 16.2. The van der Waals surface area contributed by atoms with E-state index in [2.05, 4.69) is 5.32 Å². The highest BCUT2D eigenvalue weighted by Crippen LogP contribution is 2.29. The molecule has 2 aromatic carbocycles. The Balaban J connectivity index is 2.44. The molecule has 2 aromatic rings. The second-order valence-corrected chi connectivity index (χ2v) is 9.08. The number of para-hydroxylation sites is 1. The topological polar surface area (TPSA) is 66.5 Å². The van der Waals surface area contributed by atoms with Crippen molar-refractivity contribution in [2.24, 2.45) is 0 Å². The van der Waals surface area contributed by atoms with Crippen molar-refractivity contribution in [2.45, 2.75) is 39.2 Å². The molecule has 0 bridgehead atoms. The van der Waals surface area contributed by atoms with Gasteiger partial charge in [0.15, 0.2) is 0 Å². The van der Waals surface area contributed by atoms with Gasteiger partial charge in [0.05, 0.1) is 17.0 Å². The summed E-state index contributed by atoms with van der Waals surface area (Å²) in [4.78, 5) is 13.0. The average Bonchev–Trinajstić information content (AvgIpc) is 2.61. The molecule has 2 rings (SSSR count). The van der Waals surface area contributed by atoms with Crippen LogP contribution in [-0.2, 0) is 14.8 Å². The van der Waals surface area contributed by atoms with Gasteiger partial charge in [-0.05, 0) is 42.2 Å². The molecule has 0 saturated heterocycles. The Hall–Kier alpha value is -2.12. The molecule has 0 saturated carbocycles. The molecule has 8 heteroatoms. The lowest BCUT2D eigenvalue weighted by molar-refractivity contribution is -0.117. The molecule has 0 spiro atoms. The first-order valence-electron chi connectivity index (χ1n) is 8.90. The number of halogens is 2. The van der Waals surface area contributed by atoms with E-state index in [4.69, 9.17) is 11.6 Å². The Bertz CT molecular complexity index is 964. The zero-order valence-corrected chi connectivity index (χ0v) is 17.8. The van der Waals surface area contributed by atoms with Crippen molar-refractivity contribution in [3.05, 3.63) is 58.9 Å². The van der Waals surface area contributed by atoms with Gasteiger partial charge in [-0.25, -0.2) is 12.8 Å². The number of carbonyl (C=O) groups is 1. The fourth-order valence-electron chi connectivity index (χ4n) is 3.01. The smallest absolute Gasteiger partial charge is 0.248 e. The molecule has 152 valence electrons. The second kappa shape index (κ2) is 8.92. The van der Waals surface area contributed by atoms with Crippen molar-refractivity contribution in [1.82, 2.24) is 0 Å². The van der Waals surface area contributed by atoms with Crippen LogP contribution in [-0.4, -0.2) is 26.6 Å². The van der Waals surface area contributed by atoms with Crippen LogP contribution in [0.15, 0.2) is 42.5 Å². The van der Waals surface area contributed by atoms with Gasteiger partial charge in [-0.2, -0.15) is 0 Å². The molecule has 0 aliphatic carbocycles. The fourth-order valence-corrected chi connectivity index (χ4v) is 4.39. The standard InChI is InChI=1S/C20H24ClFN2O3S/c1-5-19(20(25)23-18-9-7-6-8-15(18)13(2)3)24(28(4,26)27)14-10-11-17(22)16(21)12-14/h6-13,19H,5H2,1-4H3,(H,23,25)/t19-/m1/s1. The van der Waals surface area contributed by atoms with Gasteiger partial charge in [0, 0.05) is 5.69 Å². The number of amides is 1. The highest BCUT2D eigenvalue weighted by molar-refractivity contribution is 7.92. The van der Waals surface area contributed by atoms with Gasteiger partial charge in [-0.1, -0.05) is 50.6 Å². The van der Waals surface area contributed by atoms with Gasteiger partial charge in [0.25, 0.3) is 0 Å². The van der Waals surface area contributed by atoms with E-state index in [9.17, 15) is 17.6 Å². The van der Waals surface area contributed by atoms with Crippen LogP contribution in [0.4, 0.5) is 15.8 Å². The number of nitrogens with zero attached hydrogens (tertiary/aromatic N) is 1. The largest absolute Gasteiger partial charge is 0.324 e. The summed E-state index contributed by atoms with van der Waals surface area (Å²) in [5.41, 5.74) is 1.71. The van der Waals surface area contributed by atoms with Crippen LogP contribution in [0.5, 0.6) is 0 Å². The van der Waals surface area contributed by atoms with Gasteiger partial charge < -0.3 is 5.32 Å². The molecule has 0 radical (unpaired) electrons. The van der Waals surface area contributed by atoms with Gasteiger partial charge in [0.2, 0.25) is 15.9 Å². The maximum atomic E-state index is 13.5. The molecular formula is C20H24ClFN2O3S. The Morgan fingerprint density at radius 2 is 1.86 bits per heavy atom. The lowest BCUT2D eigenvalue weighted by Crippen LogP contribution is -2.47. The van der Waals surface area contributed by atoms with E-state index in [1.165, 1.54) is 12.1 Å². The summed E-state index contributed by atoms with van der Waals surface area (Å²) in [5.74, 6) is -0.956. The van der Waals surface area contributed by atoms with E-state index in [-0.39, 0.29) is 23.0 Å². The predicted molar refractivity (Wildman–Crippen MR) is 112 cm³/mol. The molecule has 0 heterocycles. The summed E-state index contributed by atoms with van der Waals surface area (Å²) in [7, 11) is -3.83. The van der Waals surface area contributed by atoms with Crippen molar-refractivity contribution >= 4 is 38.9 Å². The first kappa shape index (κ1) is 22.2. The molecule has 1 N–H and O–H groups in total. The minimum absolute atomic E-state index is 0.132. The van der Waals surface area contributed by atoms with Crippen LogP contribution in [0.3, 0.4) is 0 Å². The quantitative estimate of drug-likeness (QED) is 0.692. The maximum absolute atomic E-state index is 13.5. The SMILES string of the molecule is CC[C@H](C(=O)Nc1ccccc1C(C)C)N(c1ccc(F)c(Cl)c1)S(C)(=O)=O. The van der Waals surface area contributed by atoms with Crippen LogP contribution >= 0.6 is 11.6 Å². The fraction of sp³-hybridized carbons (Fsp3) is 0.350. The van der Waals surface area contributed by atoms with E-state index < -0.39 is 27.8 Å². The zero-order chi connectivity index (χ0) is 21.1. The third-order valence-corrected chi connectivity index (χ3v) is 5.80. The maximum Gasteiger partial charge on any atom is 0.248 e. The van der Waals surface area contributed by atoms with E-state index in [0.29, 0.717) is 5.69 Å². The molecule has 28 heavy (non-hydrogen) atoms. The highest BCUT2D eigenvalue weighted by atomic mass is 35.5. The number of anilines is 2. The molecule has 0 fully saturated rings. The molecular weight excluding hydrogens is 403 g/mol. The van der Waals surface area contributed by atoms with E-state index in [1.807, 2.05) is 26.0 Å². The summed E-state index contributed by atoms with van der Waals surface area (Å²) in [6, 6.07) is 9.93. The molecule has 5 nitrogen and oxygen atoms in total. The first-order chi connectivity index (χ1) is 13.1. The van der Waals surface area contributed by atoms with Gasteiger partial charge in [-0.3, -0.25) is 9.10 Å². The molecule has 0 aromatic heterocycles. The van der Waals surface area contributed by atoms with Crippen LogP contribution in [0, 0.1) is 5.82 Å². The van der Waals surface area contributed by atoms with Crippen molar-refractivity contribution in [3.8, 4) is 0 Å². The van der Waals surface area contributed by atoms with Gasteiger partial charge in [-0.15, -0.1) is 0 Å². The predicted octanol–water partition coefficient (Wildman–Crippen LogP) is 4.79. The summed E-state index contributed by atoms with van der Waals surface area (Å²) in [6.07, 6.45) is 1.22. The number of hydrogen-bond donors (Lipinski definition) is 1. The second-order valence-electron chi connectivity index (χ2n) is 6.81. The summed E-state index contributed by atoms with van der Waals surface area (Å²) in [5, 5.41) is 2.62. The number of rotatable bonds is 7. The molecule has 1 amide bonds. The monoisotopic (exact) mass is 426 g/mol. The van der Waals surface area contributed by atoms with E-state index in [0.717, 1.165) is 22.2 Å². The normalized spacial score (nSPS) is 12.7. The highest BCUT2D eigenvalue weighted by Gasteiger charge is 2.32. The van der Waals surface area contributed by atoms with Crippen molar-refractivity contribution in [2.75, 3.05) is 15.9 Å². The minimum atomic E-state index is -3.83. The Labute approximate surface area is 170 Å². The number of hydrogen-bond acceptors (Lipinski definition) is 3. The van der Waals surface area contributed by atoms with Crippen LogP contribution in [0.25, 0.3) is 0 Å². The summed E-state index contributed by atoms with van der Waals surface area (Å²) < 4.78 is 39.4. The van der Waals surface area contributed by atoms with E-state index in [1.54, 1.807) is 19.1 Å². The third-order valence-electron chi connectivity index (χ3n) is 4.33. The van der Waals surface area contributed by atoms with Crippen molar-refractivity contribution < 1.29 is 17.6 Å². The Morgan fingerprint density at radius 1 is 1.21 bits per heavy atom. The van der Waals surface area contributed by atoms with E-state index >= 15 is 0 Å². The lowest BCUT2D eigenvalue weighted by atomic mass is 10.0. The molecule has 0 unspecified atom stereocenters. The Kier molecular flexibility index (Phi) is 7.06. The average molecular weight is 427 g/mol. The van der Waals surface area contributed by atoms with Crippen LogP contribution < -0.4 is 9.62 Å². The Morgan fingerprint density at radius 3 is 2.39 bits per heavy atom. The number of carbonyl (C=O) groups excluding carboxylic acids is 1. The number of sulfonamides is 1. The molecule has 1 atom stereocenters.